The lowest BCUT2D eigenvalue weighted by Gasteiger charge is -2.12. The standard InChI is InChI=1S/C14H16N2O2S/c1-9-15-13-11(14(17)18)3-2-4-12(13)16(9)7-10-5-6-19-8-10/h2-4,10H,5-8H2,1H3,(H,17,18). The van der Waals surface area contributed by atoms with Crippen molar-refractivity contribution >= 4 is 28.8 Å². The fourth-order valence-corrected chi connectivity index (χ4v) is 3.92. The molecule has 1 aliphatic rings. The Morgan fingerprint density at radius 1 is 1.58 bits per heavy atom. The molecule has 100 valence electrons. The number of hydrogen-bond donors (Lipinski definition) is 1. The van der Waals surface area contributed by atoms with Crippen molar-refractivity contribution in [3.63, 3.8) is 0 Å². The molecule has 1 aliphatic heterocycles. The van der Waals surface area contributed by atoms with Gasteiger partial charge in [0.05, 0.1) is 11.1 Å². The quantitative estimate of drug-likeness (QED) is 0.936. The maximum Gasteiger partial charge on any atom is 0.337 e. The number of fused-ring (bicyclic) bond motifs is 1. The van der Waals surface area contributed by atoms with Crippen molar-refractivity contribution in [3.05, 3.63) is 29.6 Å². The van der Waals surface area contributed by atoms with Crippen LogP contribution in [0.1, 0.15) is 22.6 Å². The number of benzene rings is 1. The minimum absolute atomic E-state index is 0.292. The Balaban J connectivity index is 2.06. The maximum absolute atomic E-state index is 11.2. The molecule has 1 atom stereocenters. The summed E-state index contributed by atoms with van der Waals surface area (Å²) in [5.41, 5.74) is 1.84. The van der Waals surface area contributed by atoms with Crippen LogP contribution in [0.15, 0.2) is 18.2 Å². The number of carbonyl (C=O) groups is 1. The van der Waals surface area contributed by atoms with Gasteiger partial charge in [0.2, 0.25) is 0 Å². The Bertz CT molecular complexity index is 630. The lowest BCUT2D eigenvalue weighted by Crippen LogP contribution is -2.11. The number of para-hydroxylation sites is 1. The molecule has 0 bridgehead atoms. The molecule has 2 heterocycles. The first kappa shape index (κ1) is 12.5. The SMILES string of the molecule is Cc1nc2c(C(=O)O)cccc2n1CC1CCSC1. The molecule has 1 saturated heterocycles. The van der Waals surface area contributed by atoms with E-state index < -0.39 is 5.97 Å². The van der Waals surface area contributed by atoms with Gasteiger partial charge in [-0.25, -0.2) is 9.78 Å². The minimum atomic E-state index is -0.910. The molecule has 1 fully saturated rings. The van der Waals surface area contributed by atoms with Crippen molar-refractivity contribution in [1.29, 1.82) is 0 Å². The molecule has 2 aromatic rings. The average molecular weight is 276 g/mol. The molecule has 1 aromatic heterocycles. The van der Waals surface area contributed by atoms with Crippen LogP contribution in [0.2, 0.25) is 0 Å². The van der Waals surface area contributed by atoms with E-state index in [1.807, 2.05) is 24.8 Å². The van der Waals surface area contributed by atoms with Gasteiger partial charge in [0.1, 0.15) is 11.3 Å². The molecular weight excluding hydrogens is 260 g/mol. The molecule has 5 heteroatoms. The van der Waals surface area contributed by atoms with E-state index in [0.29, 0.717) is 17.0 Å². The number of hydrogen-bond acceptors (Lipinski definition) is 3. The summed E-state index contributed by atoms with van der Waals surface area (Å²) in [5.74, 6) is 3.09. The van der Waals surface area contributed by atoms with Gasteiger partial charge in [0.15, 0.2) is 0 Å². The number of carboxylic acids is 1. The van der Waals surface area contributed by atoms with Crippen LogP contribution >= 0.6 is 11.8 Å². The van der Waals surface area contributed by atoms with E-state index in [4.69, 9.17) is 0 Å². The Kier molecular flexibility index (Phi) is 3.22. The van der Waals surface area contributed by atoms with Gasteiger partial charge in [-0.2, -0.15) is 11.8 Å². The zero-order valence-corrected chi connectivity index (χ0v) is 11.6. The Morgan fingerprint density at radius 3 is 3.11 bits per heavy atom. The number of imidazole rings is 1. The first-order valence-electron chi connectivity index (χ1n) is 6.43. The van der Waals surface area contributed by atoms with Gasteiger partial charge in [0, 0.05) is 6.54 Å². The predicted octanol–water partition coefficient (Wildman–Crippen LogP) is 2.80. The second kappa shape index (κ2) is 4.89. The van der Waals surface area contributed by atoms with Crippen LogP contribution in [-0.4, -0.2) is 32.1 Å². The van der Waals surface area contributed by atoms with E-state index in [1.165, 1.54) is 17.9 Å². The smallest absolute Gasteiger partial charge is 0.337 e. The van der Waals surface area contributed by atoms with E-state index >= 15 is 0 Å². The van der Waals surface area contributed by atoms with Crippen LogP contribution < -0.4 is 0 Å². The molecule has 0 saturated carbocycles. The van der Waals surface area contributed by atoms with Crippen LogP contribution in [0.4, 0.5) is 0 Å². The molecule has 19 heavy (non-hydrogen) atoms. The summed E-state index contributed by atoms with van der Waals surface area (Å²) in [4.78, 5) is 15.7. The van der Waals surface area contributed by atoms with Gasteiger partial charge < -0.3 is 9.67 Å². The Morgan fingerprint density at radius 2 is 2.42 bits per heavy atom. The van der Waals surface area contributed by atoms with E-state index in [-0.39, 0.29) is 0 Å². The van der Waals surface area contributed by atoms with Gasteiger partial charge >= 0.3 is 5.97 Å². The topological polar surface area (TPSA) is 55.1 Å². The van der Waals surface area contributed by atoms with E-state index in [1.54, 1.807) is 12.1 Å². The highest BCUT2D eigenvalue weighted by Crippen LogP contribution is 2.27. The largest absolute Gasteiger partial charge is 0.478 e. The second-order valence-electron chi connectivity index (χ2n) is 4.98. The van der Waals surface area contributed by atoms with Crippen LogP contribution in [0.3, 0.4) is 0 Å². The minimum Gasteiger partial charge on any atom is -0.478 e. The van der Waals surface area contributed by atoms with Crippen molar-refractivity contribution in [2.24, 2.45) is 5.92 Å². The van der Waals surface area contributed by atoms with Gasteiger partial charge in [-0.3, -0.25) is 0 Å². The van der Waals surface area contributed by atoms with Gasteiger partial charge in [-0.05, 0) is 42.9 Å². The number of rotatable bonds is 3. The van der Waals surface area contributed by atoms with Crippen molar-refractivity contribution in [2.45, 2.75) is 19.9 Å². The van der Waals surface area contributed by atoms with Crippen LogP contribution in [0.5, 0.6) is 0 Å². The summed E-state index contributed by atoms with van der Waals surface area (Å²) in [7, 11) is 0. The van der Waals surface area contributed by atoms with Crippen LogP contribution in [0.25, 0.3) is 11.0 Å². The molecule has 0 radical (unpaired) electrons. The molecule has 4 nitrogen and oxygen atoms in total. The number of aromatic carboxylic acids is 1. The summed E-state index contributed by atoms with van der Waals surface area (Å²) >= 11 is 2.00. The highest BCUT2D eigenvalue weighted by atomic mass is 32.2. The third-order valence-electron chi connectivity index (χ3n) is 3.66. The molecule has 0 spiro atoms. The molecule has 0 aliphatic carbocycles. The van der Waals surface area contributed by atoms with Gasteiger partial charge in [-0.15, -0.1) is 0 Å². The third-order valence-corrected chi connectivity index (χ3v) is 4.90. The van der Waals surface area contributed by atoms with Gasteiger partial charge in [0.25, 0.3) is 0 Å². The summed E-state index contributed by atoms with van der Waals surface area (Å²) in [6, 6.07) is 5.38. The Labute approximate surface area is 115 Å². The highest BCUT2D eigenvalue weighted by Gasteiger charge is 2.20. The molecule has 1 unspecified atom stereocenters. The first-order chi connectivity index (χ1) is 9.16. The zero-order valence-electron chi connectivity index (χ0n) is 10.8. The number of aromatic nitrogens is 2. The molecule has 3 rings (SSSR count). The van der Waals surface area contributed by atoms with E-state index in [9.17, 15) is 9.90 Å². The summed E-state index contributed by atoms with van der Waals surface area (Å²) in [6.45, 7) is 2.89. The number of thioether (sulfide) groups is 1. The molecule has 1 aromatic carbocycles. The summed E-state index contributed by atoms with van der Waals surface area (Å²) < 4.78 is 2.16. The Hall–Kier alpha value is -1.49. The van der Waals surface area contributed by atoms with Crippen molar-refractivity contribution in [3.8, 4) is 0 Å². The van der Waals surface area contributed by atoms with E-state index in [2.05, 4.69) is 9.55 Å². The lowest BCUT2D eigenvalue weighted by atomic mass is 10.1. The molecular formula is C14H16N2O2S. The summed E-state index contributed by atoms with van der Waals surface area (Å²) in [6.07, 6.45) is 1.24. The van der Waals surface area contributed by atoms with Crippen molar-refractivity contribution in [2.75, 3.05) is 11.5 Å². The second-order valence-corrected chi connectivity index (χ2v) is 6.13. The van der Waals surface area contributed by atoms with Crippen LogP contribution in [-0.2, 0) is 6.54 Å². The van der Waals surface area contributed by atoms with E-state index in [0.717, 1.165) is 17.9 Å². The zero-order chi connectivity index (χ0) is 13.4. The van der Waals surface area contributed by atoms with Crippen molar-refractivity contribution < 1.29 is 9.90 Å². The third kappa shape index (κ3) is 2.23. The lowest BCUT2D eigenvalue weighted by molar-refractivity contribution is 0.0699. The molecule has 0 amide bonds. The summed E-state index contributed by atoms with van der Waals surface area (Å²) in [5, 5.41) is 9.21. The average Bonchev–Trinajstić information content (AvgIpc) is 2.98. The number of nitrogens with zero attached hydrogens (tertiary/aromatic N) is 2. The van der Waals surface area contributed by atoms with Crippen molar-refractivity contribution in [1.82, 2.24) is 9.55 Å². The fourth-order valence-electron chi connectivity index (χ4n) is 2.65. The van der Waals surface area contributed by atoms with Crippen LogP contribution in [0, 0.1) is 12.8 Å². The number of aryl methyl sites for hydroxylation is 1. The number of carboxylic acid groups (broad SMARTS) is 1. The maximum atomic E-state index is 11.2. The predicted molar refractivity (Wildman–Crippen MR) is 76.9 cm³/mol. The first-order valence-corrected chi connectivity index (χ1v) is 7.59. The monoisotopic (exact) mass is 276 g/mol. The van der Waals surface area contributed by atoms with Gasteiger partial charge in [-0.1, -0.05) is 6.07 Å². The normalized spacial score (nSPS) is 19.1. The highest BCUT2D eigenvalue weighted by molar-refractivity contribution is 7.99. The molecule has 1 N–H and O–H groups in total. The fraction of sp³-hybridized carbons (Fsp3) is 0.429.